The van der Waals surface area contributed by atoms with E-state index in [1.165, 1.54) is 0 Å². The third kappa shape index (κ3) is 4.08. The quantitative estimate of drug-likeness (QED) is 0.816. The molecule has 20 heavy (non-hydrogen) atoms. The maximum Gasteiger partial charge on any atom is 0.152 e. The van der Waals surface area contributed by atoms with E-state index in [0.29, 0.717) is 13.2 Å². The number of ether oxygens (including phenoxy) is 2. The van der Waals surface area contributed by atoms with Gasteiger partial charge in [-0.2, -0.15) is 0 Å². The molecule has 1 atom stereocenters. The second-order valence-electron chi connectivity index (χ2n) is 4.56. The van der Waals surface area contributed by atoms with Crippen LogP contribution in [0.5, 0.6) is 5.75 Å². The smallest absolute Gasteiger partial charge is 0.152 e. The van der Waals surface area contributed by atoms with Gasteiger partial charge in [0.1, 0.15) is 5.75 Å². The minimum Gasteiger partial charge on any atom is -0.494 e. The van der Waals surface area contributed by atoms with Gasteiger partial charge in [-0.15, -0.1) is 0 Å². The molecule has 2 aromatic rings. The van der Waals surface area contributed by atoms with Crippen molar-refractivity contribution < 1.29 is 14.6 Å². The van der Waals surface area contributed by atoms with E-state index in [-0.39, 0.29) is 0 Å². The van der Waals surface area contributed by atoms with Crippen molar-refractivity contribution in [1.29, 1.82) is 0 Å². The van der Waals surface area contributed by atoms with Crippen LogP contribution in [0.2, 0.25) is 0 Å². The first-order valence-corrected chi connectivity index (χ1v) is 6.81. The Labute approximate surface area is 119 Å². The predicted octanol–water partition coefficient (Wildman–Crippen LogP) is 3.61. The highest BCUT2D eigenvalue weighted by molar-refractivity contribution is 5.64. The molecule has 3 heteroatoms. The number of benzene rings is 2. The summed E-state index contributed by atoms with van der Waals surface area (Å²) in [6.45, 7) is 4.68. The molecule has 1 N–H and O–H groups in total. The standard InChI is InChI=1S/C17H20O3/c1-3-19-17-10-8-16(9-11-17)15-6-4-14(5-7-15)12-20-13(2)18/h4-11,13,18H,3,12H2,1-2H3. The maximum atomic E-state index is 9.08. The molecule has 106 valence electrons. The molecule has 0 radical (unpaired) electrons. The SMILES string of the molecule is CCOc1ccc(-c2ccc(COC(C)O)cc2)cc1. The van der Waals surface area contributed by atoms with E-state index < -0.39 is 6.29 Å². The summed E-state index contributed by atoms with van der Waals surface area (Å²) in [6.07, 6.45) is -0.735. The molecule has 0 fully saturated rings. The van der Waals surface area contributed by atoms with Crippen LogP contribution in [-0.4, -0.2) is 18.0 Å². The fourth-order valence-electron chi connectivity index (χ4n) is 1.92. The van der Waals surface area contributed by atoms with Crippen LogP contribution in [0.4, 0.5) is 0 Å². The van der Waals surface area contributed by atoms with E-state index in [1.807, 2.05) is 43.3 Å². The predicted molar refractivity (Wildman–Crippen MR) is 79.5 cm³/mol. The number of aliphatic hydroxyl groups is 1. The van der Waals surface area contributed by atoms with Gasteiger partial charge in [0.2, 0.25) is 0 Å². The maximum absolute atomic E-state index is 9.08. The minimum absolute atomic E-state index is 0.418. The van der Waals surface area contributed by atoms with Crippen molar-refractivity contribution in [3.63, 3.8) is 0 Å². The van der Waals surface area contributed by atoms with E-state index in [4.69, 9.17) is 14.6 Å². The molecule has 1 unspecified atom stereocenters. The summed E-state index contributed by atoms with van der Waals surface area (Å²) in [4.78, 5) is 0. The molecule has 0 bridgehead atoms. The first-order chi connectivity index (χ1) is 9.69. The summed E-state index contributed by atoms with van der Waals surface area (Å²) >= 11 is 0. The van der Waals surface area contributed by atoms with Crippen molar-refractivity contribution in [2.75, 3.05) is 6.61 Å². The van der Waals surface area contributed by atoms with Crippen molar-refractivity contribution in [2.45, 2.75) is 26.7 Å². The summed E-state index contributed by atoms with van der Waals surface area (Å²) < 4.78 is 10.6. The lowest BCUT2D eigenvalue weighted by Gasteiger charge is -2.08. The highest BCUT2D eigenvalue weighted by Crippen LogP contribution is 2.23. The molecular formula is C17H20O3. The van der Waals surface area contributed by atoms with Gasteiger partial charge in [-0.05, 0) is 42.7 Å². The molecule has 0 saturated carbocycles. The first kappa shape index (κ1) is 14.6. The molecular weight excluding hydrogens is 252 g/mol. The van der Waals surface area contributed by atoms with Crippen molar-refractivity contribution in [3.8, 4) is 16.9 Å². The van der Waals surface area contributed by atoms with Crippen molar-refractivity contribution >= 4 is 0 Å². The van der Waals surface area contributed by atoms with Gasteiger partial charge in [-0.3, -0.25) is 0 Å². The molecule has 0 aliphatic heterocycles. The van der Waals surface area contributed by atoms with Crippen LogP contribution in [0.1, 0.15) is 19.4 Å². The second kappa shape index (κ2) is 7.08. The molecule has 2 rings (SSSR count). The number of hydrogen-bond donors (Lipinski definition) is 1. The molecule has 0 amide bonds. The molecule has 2 aromatic carbocycles. The van der Waals surface area contributed by atoms with Gasteiger partial charge in [0.05, 0.1) is 13.2 Å². The zero-order valence-corrected chi connectivity index (χ0v) is 11.9. The Hall–Kier alpha value is -1.84. The summed E-state index contributed by atoms with van der Waals surface area (Å²) in [5.74, 6) is 0.887. The van der Waals surface area contributed by atoms with Crippen LogP contribution in [0.25, 0.3) is 11.1 Å². The van der Waals surface area contributed by atoms with Crippen molar-refractivity contribution in [1.82, 2.24) is 0 Å². The lowest BCUT2D eigenvalue weighted by Crippen LogP contribution is -2.05. The lowest BCUT2D eigenvalue weighted by molar-refractivity contribution is -0.0939. The summed E-state index contributed by atoms with van der Waals surface area (Å²) in [5, 5.41) is 9.08. The van der Waals surface area contributed by atoms with E-state index in [2.05, 4.69) is 12.1 Å². The number of rotatable bonds is 6. The van der Waals surface area contributed by atoms with Gasteiger partial charge in [0.15, 0.2) is 6.29 Å². The van der Waals surface area contributed by atoms with Gasteiger partial charge in [0, 0.05) is 0 Å². The van der Waals surface area contributed by atoms with Gasteiger partial charge < -0.3 is 14.6 Å². The highest BCUT2D eigenvalue weighted by atomic mass is 16.6. The van der Waals surface area contributed by atoms with Crippen LogP contribution in [0.3, 0.4) is 0 Å². The van der Waals surface area contributed by atoms with E-state index >= 15 is 0 Å². The van der Waals surface area contributed by atoms with Crippen LogP contribution >= 0.6 is 0 Å². The zero-order chi connectivity index (χ0) is 14.4. The van der Waals surface area contributed by atoms with Crippen molar-refractivity contribution in [2.24, 2.45) is 0 Å². The van der Waals surface area contributed by atoms with Gasteiger partial charge >= 0.3 is 0 Å². The topological polar surface area (TPSA) is 38.7 Å². The third-order valence-electron chi connectivity index (χ3n) is 2.94. The monoisotopic (exact) mass is 272 g/mol. The van der Waals surface area contributed by atoms with Gasteiger partial charge in [-0.1, -0.05) is 36.4 Å². The fraction of sp³-hybridized carbons (Fsp3) is 0.294. The Balaban J connectivity index is 2.05. The van der Waals surface area contributed by atoms with E-state index in [0.717, 1.165) is 22.4 Å². The Bertz CT molecular complexity index is 515. The molecule has 0 heterocycles. The van der Waals surface area contributed by atoms with E-state index in [9.17, 15) is 0 Å². The van der Waals surface area contributed by atoms with Crippen LogP contribution in [-0.2, 0) is 11.3 Å². The van der Waals surface area contributed by atoms with Crippen LogP contribution in [0, 0.1) is 0 Å². The van der Waals surface area contributed by atoms with Crippen molar-refractivity contribution in [3.05, 3.63) is 54.1 Å². The molecule has 3 nitrogen and oxygen atoms in total. The Kier molecular flexibility index (Phi) is 5.16. The zero-order valence-electron chi connectivity index (χ0n) is 11.9. The molecule has 0 aliphatic carbocycles. The lowest BCUT2D eigenvalue weighted by atomic mass is 10.0. The summed E-state index contributed by atoms with van der Waals surface area (Å²) in [5.41, 5.74) is 3.34. The van der Waals surface area contributed by atoms with Gasteiger partial charge in [0.25, 0.3) is 0 Å². The van der Waals surface area contributed by atoms with E-state index in [1.54, 1.807) is 6.92 Å². The largest absolute Gasteiger partial charge is 0.494 e. The minimum atomic E-state index is -0.735. The molecule has 0 aromatic heterocycles. The Morgan fingerprint density at radius 2 is 1.50 bits per heavy atom. The first-order valence-electron chi connectivity index (χ1n) is 6.81. The summed E-state index contributed by atoms with van der Waals surface area (Å²) in [7, 11) is 0. The van der Waals surface area contributed by atoms with Gasteiger partial charge in [-0.25, -0.2) is 0 Å². The molecule has 0 spiro atoms. The molecule has 0 aliphatic rings. The van der Waals surface area contributed by atoms with Crippen LogP contribution in [0.15, 0.2) is 48.5 Å². The Morgan fingerprint density at radius 1 is 0.950 bits per heavy atom. The normalized spacial score (nSPS) is 12.2. The van der Waals surface area contributed by atoms with Crippen LogP contribution < -0.4 is 4.74 Å². The Morgan fingerprint density at radius 3 is 2.00 bits per heavy atom. The number of hydrogen-bond acceptors (Lipinski definition) is 3. The second-order valence-corrected chi connectivity index (χ2v) is 4.56. The number of aliphatic hydroxyl groups excluding tert-OH is 1. The third-order valence-corrected chi connectivity index (χ3v) is 2.94. The fourth-order valence-corrected chi connectivity index (χ4v) is 1.92. The molecule has 0 saturated heterocycles. The summed E-state index contributed by atoms with van der Waals surface area (Å²) in [6, 6.07) is 16.2. The average Bonchev–Trinajstić information content (AvgIpc) is 2.47. The highest BCUT2D eigenvalue weighted by Gasteiger charge is 2.01. The average molecular weight is 272 g/mol.